The second-order valence-corrected chi connectivity index (χ2v) is 7.14. The van der Waals surface area contributed by atoms with Gasteiger partial charge in [-0.1, -0.05) is 48.5 Å². The van der Waals surface area contributed by atoms with Crippen LogP contribution in [-0.4, -0.2) is 0 Å². The Morgan fingerprint density at radius 2 is 1.12 bits per heavy atom. The Morgan fingerprint density at radius 1 is 0.520 bits per heavy atom. The largest absolute Gasteiger partial charge is 1.00 e. The van der Waals surface area contributed by atoms with E-state index in [2.05, 4.69) is 76.2 Å². The molecule has 0 fully saturated rings. The van der Waals surface area contributed by atoms with Crippen molar-refractivity contribution in [3.8, 4) is 0 Å². The minimum Gasteiger partial charge on any atom is -1.00 e. The maximum Gasteiger partial charge on any atom is 1.00 e. The van der Waals surface area contributed by atoms with Crippen LogP contribution in [0.3, 0.4) is 0 Å². The molecule has 0 aromatic heterocycles. The summed E-state index contributed by atoms with van der Waals surface area (Å²) in [6, 6.07) is 18.0. The SMILES string of the molecule is Cc1c(C)c2c(C)ccc3c4cccc5cccc(c(c1C)c23)c54.[H-].[Li+]. The van der Waals surface area contributed by atoms with E-state index in [0.29, 0.717) is 0 Å². The van der Waals surface area contributed by atoms with Gasteiger partial charge in [0.25, 0.3) is 0 Å². The van der Waals surface area contributed by atoms with Gasteiger partial charge in [0.1, 0.15) is 0 Å². The molecule has 0 unspecified atom stereocenters. The molecule has 5 aromatic carbocycles. The van der Waals surface area contributed by atoms with Crippen LogP contribution in [0, 0.1) is 27.7 Å². The summed E-state index contributed by atoms with van der Waals surface area (Å²) in [4.78, 5) is 0. The zero-order valence-electron chi connectivity index (χ0n) is 16.6. The molecule has 0 saturated carbocycles. The maximum absolute atomic E-state index is 2.32. The van der Waals surface area contributed by atoms with Gasteiger partial charge in [-0.3, -0.25) is 0 Å². The van der Waals surface area contributed by atoms with Gasteiger partial charge in [0.15, 0.2) is 0 Å². The Kier molecular flexibility index (Phi) is 3.62. The van der Waals surface area contributed by atoms with Crippen LogP contribution in [-0.2, 0) is 0 Å². The molecule has 0 aliphatic rings. The second-order valence-electron chi connectivity index (χ2n) is 7.14. The number of fused-ring (bicyclic) bond motifs is 2. The molecular weight excluding hydrogens is 295 g/mol. The third kappa shape index (κ3) is 1.96. The minimum atomic E-state index is 0. The number of rotatable bonds is 0. The first-order valence-corrected chi connectivity index (χ1v) is 8.65. The number of aryl methyl sites for hydroxylation is 3. The normalized spacial score (nSPS) is 11.7. The standard InChI is InChI=1S/C24H20.Li.H/c1-13-11-12-19-18-9-5-7-17-8-6-10-20(23(17)18)22-16(4)14(2)15(3)21(13)24(19)22;;/h5-12H,1-4H3;;/q;+1;-1. The Balaban J connectivity index is 0.000000980. The molecule has 0 N–H and O–H groups in total. The summed E-state index contributed by atoms with van der Waals surface area (Å²) in [5, 5.41) is 11.2. The van der Waals surface area contributed by atoms with Crippen LogP contribution in [0.2, 0.25) is 0 Å². The average molecular weight is 316 g/mol. The van der Waals surface area contributed by atoms with Crippen LogP contribution in [0.25, 0.3) is 43.1 Å². The van der Waals surface area contributed by atoms with Crippen molar-refractivity contribution < 1.29 is 20.3 Å². The molecule has 5 rings (SSSR count). The summed E-state index contributed by atoms with van der Waals surface area (Å²) >= 11 is 0. The van der Waals surface area contributed by atoms with Crippen LogP contribution >= 0.6 is 0 Å². The van der Waals surface area contributed by atoms with E-state index < -0.39 is 0 Å². The molecule has 118 valence electrons. The molecule has 5 aromatic rings. The third-order valence-electron chi connectivity index (χ3n) is 6.00. The maximum atomic E-state index is 2.32. The minimum absolute atomic E-state index is 0. The van der Waals surface area contributed by atoms with Gasteiger partial charge in [0.05, 0.1) is 0 Å². The predicted molar refractivity (Wildman–Crippen MR) is 108 cm³/mol. The summed E-state index contributed by atoms with van der Waals surface area (Å²) in [5.41, 5.74) is 5.65. The summed E-state index contributed by atoms with van der Waals surface area (Å²) in [7, 11) is 0. The van der Waals surface area contributed by atoms with Gasteiger partial charge >= 0.3 is 18.9 Å². The molecule has 0 radical (unpaired) electrons. The Bertz CT molecular complexity index is 1280. The van der Waals surface area contributed by atoms with Gasteiger partial charge in [-0.05, 0) is 93.0 Å². The number of hydrogen-bond donors (Lipinski definition) is 0. The zero-order valence-corrected chi connectivity index (χ0v) is 15.6. The van der Waals surface area contributed by atoms with Crippen molar-refractivity contribution >= 4 is 43.1 Å². The van der Waals surface area contributed by atoms with Gasteiger partial charge in [-0.25, -0.2) is 0 Å². The van der Waals surface area contributed by atoms with Crippen molar-refractivity contribution in [3.63, 3.8) is 0 Å². The van der Waals surface area contributed by atoms with Gasteiger partial charge in [-0.15, -0.1) is 0 Å². The van der Waals surface area contributed by atoms with Crippen molar-refractivity contribution in [2.75, 3.05) is 0 Å². The van der Waals surface area contributed by atoms with E-state index in [0.717, 1.165) is 0 Å². The number of benzene rings is 5. The zero-order chi connectivity index (χ0) is 16.6. The third-order valence-corrected chi connectivity index (χ3v) is 6.00. The van der Waals surface area contributed by atoms with Crippen molar-refractivity contribution in [2.45, 2.75) is 27.7 Å². The molecule has 0 amide bonds. The van der Waals surface area contributed by atoms with E-state index in [1.807, 2.05) is 0 Å². The topological polar surface area (TPSA) is 0 Å². The summed E-state index contributed by atoms with van der Waals surface area (Å²) in [6.07, 6.45) is 0. The van der Waals surface area contributed by atoms with Crippen molar-refractivity contribution in [1.82, 2.24) is 0 Å². The fraction of sp³-hybridized carbons (Fsp3) is 0.167. The van der Waals surface area contributed by atoms with Gasteiger partial charge in [0.2, 0.25) is 0 Å². The second kappa shape index (κ2) is 5.50. The van der Waals surface area contributed by atoms with E-state index in [4.69, 9.17) is 0 Å². The molecule has 1 heteroatoms. The van der Waals surface area contributed by atoms with Crippen LogP contribution in [0.15, 0.2) is 48.5 Å². The summed E-state index contributed by atoms with van der Waals surface area (Å²) < 4.78 is 0. The molecule has 0 bridgehead atoms. The van der Waals surface area contributed by atoms with E-state index in [1.54, 1.807) is 0 Å². The molecule has 0 heterocycles. The van der Waals surface area contributed by atoms with Crippen molar-refractivity contribution in [2.24, 2.45) is 0 Å². The smallest absolute Gasteiger partial charge is 1.00 e. The molecule has 0 nitrogen and oxygen atoms in total. The fourth-order valence-electron chi connectivity index (χ4n) is 4.63. The van der Waals surface area contributed by atoms with Crippen molar-refractivity contribution in [1.29, 1.82) is 0 Å². The predicted octanol–water partition coefficient (Wildman–Crippen LogP) is 4.09. The Hall–Kier alpha value is -2.00. The molecule has 0 spiro atoms. The molecule has 25 heavy (non-hydrogen) atoms. The monoisotopic (exact) mass is 316 g/mol. The van der Waals surface area contributed by atoms with Crippen molar-refractivity contribution in [3.05, 3.63) is 70.8 Å². The van der Waals surface area contributed by atoms with E-state index in [-0.39, 0.29) is 20.3 Å². The first-order chi connectivity index (χ1) is 11.6. The summed E-state index contributed by atoms with van der Waals surface area (Å²) in [6.45, 7) is 9.08. The van der Waals surface area contributed by atoms with Gasteiger partial charge in [0, 0.05) is 0 Å². The molecule has 0 aliphatic heterocycles. The Labute approximate surface area is 161 Å². The van der Waals surface area contributed by atoms with Crippen LogP contribution < -0.4 is 18.9 Å². The fourth-order valence-corrected chi connectivity index (χ4v) is 4.63. The van der Waals surface area contributed by atoms with Gasteiger partial charge < -0.3 is 1.43 Å². The molecule has 0 atom stereocenters. The first kappa shape index (κ1) is 16.5. The van der Waals surface area contributed by atoms with Crippen LogP contribution in [0.1, 0.15) is 23.7 Å². The molecule has 0 saturated heterocycles. The summed E-state index contributed by atoms with van der Waals surface area (Å²) in [5.74, 6) is 0. The first-order valence-electron chi connectivity index (χ1n) is 8.65. The van der Waals surface area contributed by atoms with Crippen LogP contribution in [0.4, 0.5) is 0 Å². The van der Waals surface area contributed by atoms with E-state index >= 15 is 0 Å². The van der Waals surface area contributed by atoms with Gasteiger partial charge in [-0.2, -0.15) is 0 Å². The quantitative estimate of drug-likeness (QED) is 0.229. The molecule has 0 aliphatic carbocycles. The van der Waals surface area contributed by atoms with E-state index in [9.17, 15) is 0 Å². The van der Waals surface area contributed by atoms with Crippen LogP contribution in [0.5, 0.6) is 0 Å². The average Bonchev–Trinajstić information content (AvgIpc) is 2.59. The molecular formula is C24H21Li. The number of hydrogen-bond acceptors (Lipinski definition) is 0. The van der Waals surface area contributed by atoms with E-state index in [1.165, 1.54) is 65.3 Å². The Morgan fingerprint density at radius 3 is 1.84 bits per heavy atom.